The summed E-state index contributed by atoms with van der Waals surface area (Å²) in [5.41, 5.74) is -1.54. The van der Waals surface area contributed by atoms with E-state index in [2.05, 4.69) is 10.6 Å². The van der Waals surface area contributed by atoms with Crippen LogP contribution in [-0.2, 0) is 23.8 Å². The van der Waals surface area contributed by atoms with Gasteiger partial charge in [-0.15, -0.1) is 0 Å². The summed E-state index contributed by atoms with van der Waals surface area (Å²) in [4.78, 5) is 48.3. The van der Waals surface area contributed by atoms with Gasteiger partial charge < -0.3 is 24.8 Å². The van der Waals surface area contributed by atoms with Crippen LogP contribution in [0, 0.1) is 5.92 Å². The minimum Gasteiger partial charge on any atom is -0.444 e. The Morgan fingerprint density at radius 2 is 1.21 bits per heavy atom. The number of hydrogen-bond donors (Lipinski definition) is 2. The summed E-state index contributed by atoms with van der Waals surface area (Å²) in [7, 11) is 0. The van der Waals surface area contributed by atoms with Crippen LogP contribution >= 0.6 is 0 Å². The van der Waals surface area contributed by atoms with Gasteiger partial charge in [0, 0.05) is 6.42 Å². The molecule has 0 heterocycles. The third kappa shape index (κ3) is 12.1. The predicted octanol–water partition coefficient (Wildman–Crippen LogP) is 2.91. The van der Waals surface area contributed by atoms with Crippen molar-refractivity contribution < 1.29 is 33.4 Å². The Kier molecular flexibility index (Phi) is 9.43. The average molecular weight is 402 g/mol. The van der Waals surface area contributed by atoms with Crippen molar-refractivity contribution in [2.45, 2.75) is 92.0 Å². The third-order valence-electron chi connectivity index (χ3n) is 2.96. The number of ether oxygens (including phenoxy) is 3. The van der Waals surface area contributed by atoms with Crippen LogP contribution in [0.5, 0.6) is 0 Å². The number of nitrogens with one attached hydrogen (secondary N) is 2. The molecule has 0 radical (unpaired) electrons. The Bertz CT molecular complexity index is 574. The number of alkyl carbamates (subject to hydrolysis) is 2. The van der Waals surface area contributed by atoms with Crippen molar-refractivity contribution in [2.75, 3.05) is 0 Å². The molecule has 9 heteroatoms. The Hall–Kier alpha value is -2.32. The minimum atomic E-state index is -1.35. The third-order valence-corrected chi connectivity index (χ3v) is 2.96. The number of hydrogen-bond acceptors (Lipinski definition) is 7. The molecule has 2 amide bonds. The zero-order valence-corrected chi connectivity index (χ0v) is 18.3. The van der Waals surface area contributed by atoms with E-state index in [1.807, 2.05) is 0 Å². The van der Waals surface area contributed by atoms with Crippen LogP contribution in [0.25, 0.3) is 0 Å². The first-order valence-corrected chi connectivity index (χ1v) is 9.23. The van der Waals surface area contributed by atoms with Crippen LogP contribution in [0.2, 0.25) is 0 Å². The molecule has 0 aromatic rings. The van der Waals surface area contributed by atoms with Crippen molar-refractivity contribution in [3.05, 3.63) is 0 Å². The molecule has 0 aliphatic rings. The second-order valence-electron chi connectivity index (χ2n) is 8.95. The van der Waals surface area contributed by atoms with E-state index in [1.165, 1.54) is 6.92 Å². The molecule has 0 spiro atoms. The van der Waals surface area contributed by atoms with Crippen LogP contribution in [0.15, 0.2) is 0 Å². The second kappa shape index (κ2) is 10.3. The van der Waals surface area contributed by atoms with Crippen LogP contribution in [0.4, 0.5) is 9.59 Å². The molecule has 2 N–H and O–H groups in total. The molecule has 0 saturated heterocycles. The summed E-state index contributed by atoms with van der Waals surface area (Å²) in [6.45, 7) is 15.1. The maximum atomic E-state index is 12.4. The lowest BCUT2D eigenvalue weighted by molar-refractivity contribution is -0.162. The first kappa shape index (κ1) is 25.7. The molecular formula is C19H34N2O7. The summed E-state index contributed by atoms with van der Waals surface area (Å²) < 4.78 is 15.1. The first-order chi connectivity index (χ1) is 12.5. The van der Waals surface area contributed by atoms with Gasteiger partial charge in [-0.05, 0) is 54.4 Å². The molecule has 0 aromatic carbocycles. The Balaban J connectivity index is 5.25. The van der Waals surface area contributed by atoms with Gasteiger partial charge in [0.25, 0.3) is 0 Å². The number of rotatable bonds is 6. The van der Waals surface area contributed by atoms with Gasteiger partial charge >= 0.3 is 24.1 Å². The fourth-order valence-electron chi connectivity index (χ4n) is 1.95. The van der Waals surface area contributed by atoms with Gasteiger partial charge in [-0.25, -0.2) is 14.4 Å². The maximum Gasteiger partial charge on any atom is 0.408 e. The molecule has 0 fully saturated rings. The summed E-state index contributed by atoms with van der Waals surface area (Å²) in [5.74, 6) is -1.73. The molecule has 0 aliphatic heterocycles. The van der Waals surface area contributed by atoms with Gasteiger partial charge in [0.15, 0.2) is 6.04 Å². The summed E-state index contributed by atoms with van der Waals surface area (Å²) >= 11 is 0. The van der Waals surface area contributed by atoms with Gasteiger partial charge in [0.1, 0.15) is 11.2 Å². The standard InChI is InChI=1S/C19H34N2O7/c1-11(2)10-13(22)26-15(23)14(21-17(25)28-19(7,8)9)12(3)20-16(24)27-18(4,5)6/h11-12,14H,10H2,1-9H3,(H,20,24)(H,21,25)/t12-,14-/m0/s1. The fourth-order valence-corrected chi connectivity index (χ4v) is 1.95. The number of carbonyl (C=O) groups is 4. The summed E-state index contributed by atoms with van der Waals surface area (Å²) in [6, 6.07) is -2.28. The van der Waals surface area contributed by atoms with Crippen molar-refractivity contribution in [3.8, 4) is 0 Å². The lowest BCUT2D eigenvalue weighted by Crippen LogP contribution is -2.56. The van der Waals surface area contributed by atoms with Crippen LogP contribution in [-0.4, -0.2) is 47.4 Å². The van der Waals surface area contributed by atoms with Gasteiger partial charge in [-0.2, -0.15) is 0 Å². The molecular weight excluding hydrogens is 368 g/mol. The maximum absolute atomic E-state index is 12.4. The van der Waals surface area contributed by atoms with E-state index in [9.17, 15) is 19.2 Å². The highest BCUT2D eigenvalue weighted by atomic mass is 16.6. The van der Waals surface area contributed by atoms with E-state index >= 15 is 0 Å². The van der Waals surface area contributed by atoms with Crippen molar-refractivity contribution in [2.24, 2.45) is 5.92 Å². The Morgan fingerprint density at radius 1 is 0.786 bits per heavy atom. The Labute approximate surface area is 166 Å². The van der Waals surface area contributed by atoms with Crippen LogP contribution in [0.1, 0.15) is 68.7 Å². The van der Waals surface area contributed by atoms with Gasteiger partial charge in [0.05, 0.1) is 6.04 Å². The van der Waals surface area contributed by atoms with Gasteiger partial charge in [-0.1, -0.05) is 13.8 Å². The topological polar surface area (TPSA) is 120 Å². The van der Waals surface area contributed by atoms with Crippen molar-refractivity contribution in [3.63, 3.8) is 0 Å². The van der Waals surface area contributed by atoms with Crippen molar-refractivity contribution in [1.82, 2.24) is 10.6 Å². The summed E-state index contributed by atoms with van der Waals surface area (Å²) in [5, 5.41) is 4.80. The zero-order chi connectivity index (χ0) is 22.3. The first-order valence-electron chi connectivity index (χ1n) is 9.23. The van der Waals surface area contributed by atoms with Crippen LogP contribution in [0.3, 0.4) is 0 Å². The smallest absolute Gasteiger partial charge is 0.408 e. The monoisotopic (exact) mass is 402 g/mol. The van der Waals surface area contributed by atoms with Crippen LogP contribution < -0.4 is 10.6 Å². The quantitative estimate of drug-likeness (QED) is 0.398. The molecule has 0 rings (SSSR count). The van der Waals surface area contributed by atoms with E-state index < -0.39 is 47.4 Å². The molecule has 0 aromatic heterocycles. The van der Waals surface area contributed by atoms with E-state index in [0.717, 1.165) is 0 Å². The van der Waals surface area contributed by atoms with Crippen molar-refractivity contribution >= 4 is 24.1 Å². The SMILES string of the molecule is CC(C)CC(=O)OC(=O)[C@@H](NC(=O)OC(C)(C)C)[C@H](C)NC(=O)OC(C)(C)C. The molecule has 0 unspecified atom stereocenters. The number of esters is 2. The van der Waals surface area contributed by atoms with Gasteiger partial charge in [-0.3, -0.25) is 4.79 Å². The van der Waals surface area contributed by atoms with Crippen molar-refractivity contribution in [1.29, 1.82) is 0 Å². The van der Waals surface area contributed by atoms with Gasteiger partial charge in [0.2, 0.25) is 0 Å². The fraction of sp³-hybridized carbons (Fsp3) is 0.789. The highest BCUT2D eigenvalue weighted by Gasteiger charge is 2.33. The normalized spacial score (nSPS) is 13.9. The largest absolute Gasteiger partial charge is 0.444 e. The molecule has 0 bridgehead atoms. The number of amides is 2. The lowest BCUT2D eigenvalue weighted by Gasteiger charge is -2.27. The zero-order valence-electron chi connectivity index (χ0n) is 18.3. The second-order valence-corrected chi connectivity index (χ2v) is 8.95. The predicted molar refractivity (Wildman–Crippen MR) is 103 cm³/mol. The summed E-state index contributed by atoms with van der Waals surface area (Å²) in [6.07, 6.45) is -1.63. The molecule has 0 aliphatic carbocycles. The van der Waals surface area contributed by atoms with E-state index in [1.54, 1.807) is 55.4 Å². The molecule has 2 atom stereocenters. The Morgan fingerprint density at radius 3 is 1.61 bits per heavy atom. The molecule has 9 nitrogen and oxygen atoms in total. The lowest BCUT2D eigenvalue weighted by atomic mass is 10.1. The van der Waals surface area contributed by atoms with E-state index in [-0.39, 0.29) is 12.3 Å². The highest BCUT2D eigenvalue weighted by Crippen LogP contribution is 2.10. The number of carbonyl (C=O) groups excluding carboxylic acids is 4. The average Bonchev–Trinajstić information content (AvgIpc) is 2.38. The minimum absolute atomic E-state index is 0.00474. The van der Waals surface area contributed by atoms with E-state index in [4.69, 9.17) is 14.2 Å². The molecule has 28 heavy (non-hydrogen) atoms. The molecule has 0 saturated carbocycles. The molecule has 162 valence electrons. The van der Waals surface area contributed by atoms with E-state index in [0.29, 0.717) is 0 Å². The highest BCUT2D eigenvalue weighted by molar-refractivity contribution is 5.91.